The van der Waals surface area contributed by atoms with Gasteiger partial charge >= 0.3 is 6.18 Å². The zero-order chi connectivity index (χ0) is 23.5. The van der Waals surface area contributed by atoms with E-state index in [1.807, 2.05) is 30.3 Å². The molecule has 32 heavy (non-hydrogen) atoms. The first-order valence-corrected chi connectivity index (χ1v) is 10.5. The lowest BCUT2D eigenvalue weighted by Crippen LogP contribution is -2.55. The number of halogens is 4. The molecule has 0 spiro atoms. The predicted octanol–water partition coefficient (Wildman–Crippen LogP) is 4.94. The second-order valence-corrected chi connectivity index (χ2v) is 8.14. The number of β-amino-alcohol motifs (C(OH)–C–C–N with tert-alkyl or cyclic N) is 1. The highest BCUT2D eigenvalue weighted by Crippen LogP contribution is 2.36. The summed E-state index contributed by atoms with van der Waals surface area (Å²) in [6.45, 7) is 2.86. The first-order valence-electron chi connectivity index (χ1n) is 10.1. The quantitative estimate of drug-likeness (QED) is 0.470. The van der Waals surface area contributed by atoms with Crippen LogP contribution < -0.4 is 5.32 Å². The summed E-state index contributed by atoms with van der Waals surface area (Å²) in [5, 5.41) is 13.1. The molecule has 0 saturated carbocycles. The van der Waals surface area contributed by atoms with E-state index >= 15 is 0 Å². The Kier molecular flexibility index (Phi) is 7.31. The van der Waals surface area contributed by atoms with Crippen LogP contribution >= 0.6 is 11.6 Å². The zero-order valence-electron chi connectivity index (χ0n) is 17.7. The number of allylic oxidation sites excluding steroid dienone is 3. The molecule has 1 aliphatic rings. The molecule has 1 saturated heterocycles. The van der Waals surface area contributed by atoms with E-state index in [0.717, 1.165) is 12.5 Å². The van der Waals surface area contributed by atoms with Gasteiger partial charge in [-0.05, 0) is 42.7 Å². The van der Waals surface area contributed by atoms with Crippen molar-refractivity contribution < 1.29 is 23.1 Å². The summed E-state index contributed by atoms with van der Waals surface area (Å²) in [4.78, 5) is 14.7. The fraction of sp³-hybridized carbons (Fsp3) is 0.292. The smallest absolute Gasteiger partial charge is 0.389 e. The van der Waals surface area contributed by atoms with Crippen LogP contribution in [-0.2, 0) is 11.3 Å². The fourth-order valence-corrected chi connectivity index (χ4v) is 3.53. The van der Waals surface area contributed by atoms with E-state index in [4.69, 9.17) is 11.6 Å². The molecular weight excluding hydrogens is 441 g/mol. The Morgan fingerprint density at radius 3 is 2.22 bits per heavy atom. The highest BCUT2D eigenvalue weighted by atomic mass is 35.5. The van der Waals surface area contributed by atoms with Crippen molar-refractivity contribution in [3.8, 4) is 0 Å². The number of hydrogen-bond donors (Lipinski definition) is 2. The lowest BCUT2D eigenvalue weighted by molar-refractivity contribution is -0.137. The van der Waals surface area contributed by atoms with Crippen LogP contribution in [-0.4, -0.2) is 41.3 Å². The molecule has 0 aromatic heterocycles. The second kappa shape index (κ2) is 9.79. The monoisotopic (exact) mass is 464 g/mol. The number of aliphatic hydroxyl groups excluding tert-OH is 1. The number of carbonyl (C=O) groups is 1. The van der Waals surface area contributed by atoms with E-state index in [-0.39, 0.29) is 36.5 Å². The number of aliphatic hydroxyl groups is 1. The van der Waals surface area contributed by atoms with Crippen molar-refractivity contribution in [3.05, 3.63) is 87.6 Å². The molecule has 0 bridgehead atoms. The van der Waals surface area contributed by atoms with E-state index in [9.17, 15) is 23.1 Å². The minimum absolute atomic E-state index is 0.0455. The van der Waals surface area contributed by atoms with Crippen molar-refractivity contribution >= 4 is 23.1 Å². The van der Waals surface area contributed by atoms with Crippen LogP contribution in [0.15, 0.2) is 71.4 Å². The third kappa shape index (κ3) is 5.53. The van der Waals surface area contributed by atoms with Gasteiger partial charge in [-0.1, -0.05) is 54.1 Å². The first-order chi connectivity index (χ1) is 15.1. The number of alkyl halides is 3. The molecule has 0 radical (unpaired) electrons. The van der Waals surface area contributed by atoms with Gasteiger partial charge < -0.3 is 15.3 Å². The molecule has 170 valence electrons. The molecule has 1 aliphatic heterocycles. The number of hydrogen-bond acceptors (Lipinski definition) is 3. The number of likely N-dealkylation sites (tertiary alicyclic amines) is 1. The maximum absolute atomic E-state index is 13.6. The summed E-state index contributed by atoms with van der Waals surface area (Å²) < 4.78 is 40.8. The largest absolute Gasteiger partial charge is 0.412 e. The number of nitrogens with zero attached hydrogens (tertiary/aromatic N) is 1. The van der Waals surface area contributed by atoms with Gasteiger partial charge in [-0.25, -0.2) is 0 Å². The highest BCUT2D eigenvalue weighted by Gasteiger charge is 2.36. The Morgan fingerprint density at radius 1 is 1.09 bits per heavy atom. The topological polar surface area (TPSA) is 52.6 Å². The normalized spacial score (nSPS) is 16.2. The van der Waals surface area contributed by atoms with Gasteiger partial charge in [0, 0.05) is 35.8 Å². The van der Waals surface area contributed by atoms with Crippen molar-refractivity contribution in [1.82, 2.24) is 10.2 Å². The average molecular weight is 465 g/mol. The zero-order valence-corrected chi connectivity index (χ0v) is 18.5. The summed E-state index contributed by atoms with van der Waals surface area (Å²) in [7, 11) is 0. The maximum Gasteiger partial charge on any atom is 0.412 e. The molecule has 0 unspecified atom stereocenters. The lowest BCUT2D eigenvalue weighted by atomic mass is 9.92. The van der Waals surface area contributed by atoms with E-state index in [1.54, 1.807) is 24.3 Å². The van der Waals surface area contributed by atoms with Crippen LogP contribution in [0.5, 0.6) is 0 Å². The molecule has 4 nitrogen and oxygen atoms in total. The van der Waals surface area contributed by atoms with E-state index in [1.165, 1.54) is 11.8 Å². The van der Waals surface area contributed by atoms with Crippen molar-refractivity contribution in [2.45, 2.75) is 32.7 Å². The van der Waals surface area contributed by atoms with Gasteiger partial charge in [0.25, 0.3) is 5.91 Å². The molecule has 2 aromatic rings. The first kappa shape index (κ1) is 23.9. The van der Waals surface area contributed by atoms with E-state index in [2.05, 4.69) is 5.32 Å². The maximum atomic E-state index is 13.6. The summed E-state index contributed by atoms with van der Waals surface area (Å²) in [5.74, 6) is -0.467. The van der Waals surface area contributed by atoms with Gasteiger partial charge in [0.05, 0.1) is 6.10 Å². The van der Waals surface area contributed by atoms with Crippen LogP contribution in [0.3, 0.4) is 0 Å². The fourth-order valence-electron chi connectivity index (χ4n) is 3.40. The van der Waals surface area contributed by atoms with E-state index in [0.29, 0.717) is 10.6 Å². The third-order valence-corrected chi connectivity index (χ3v) is 5.67. The van der Waals surface area contributed by atoms with Gasteiger partial charge in [-0.15, -0.1) is 0 Å². The molecule has 2 aromatic carbocycles. The van der Waals surface area contributed by atoms with Crippen LogP contribution in [0.2, 0.25) is 5.02 Å². The molecule has 1 heterocycles. The van der Waals surface area contributed by atoms with Crippen molar-refractivity contribution in [3.63, 3.8) is 0 Å². The third-order valence-electron chi connectivity index (χ3n) is 5.42. The van der Waals surface area contributed by atoms with Crippen molar-refractivity contribution in [2.24, 2.45) is 0 Å². The number of nitrogens with one attached hydrogen (secondary N) is 1. The van der Waals surface area contributed by atoms with Crippen LogP contribution in [0.4, 0.5) is 13.2 Å². The van der Waals surface area contributed by atoms with Gasteiger partial charge in [-0.3, -0.25) is 4.79 Å². The average Bonchev–Trinajstić information content (AvgIpc) is 2.74. The molecule has 0 aliphatic carbocycles. The van der Waals surface area contributed by atoms with E-state index < -0.39 is 23.8 Å². The summed E-state index contributed by atoms with van der Waals surface area (Å²) in [6.07, 6.45) is -5.19. The van der Waals surface area contributed by atoms with Gasteiger partial charge in [0.2, 0.25) is 0 Å². The van der Waals surface area contributed by atoms with Gasteiger partial charge in [-0.2, -0.15) is 13.2 Å². The van der Waals surface area contributed by atoms with Crippen LogP contribution in [0.1, 0.15) is 25.0 Å². The highest BCUT2D eigenvalue weighted by molar-refractivity contribution is 6.30. The Bertz CT molecular complexity index is 1030. The molecule has 1 fully saturated rings. The predicted molar refractivity (Wildman–Crippen MR) is 119 cm³/mol. The van der Waals surface area contributed by atoms with Crippen LogP contribution in [0, 0.1) is 0 Å². The summed E-state index contributed by atoms with van der Waals surface area (Å²) in [5.41, 5.74) is 0.636. The second-order valence-electron chi connectivity index (χ2n) is 7.71. The Hall–Kier alpha value is -2.77. The van der Waals surface area contributed by atoms with Gasteiger partial charge in [0.1, 0.15) is 5.70 Å². The minimum Gasteiger partial charge on any atom is -0.389 e. The molecule has 3 rings (SSSR count). The van der Waals surface area contributed by atoms with Crippen molar-refractivity contribution in [2.75, 3.05) is 13.1 Å². The standard InChI is InChI=1S/C24H24ClF3N2O2/c1-15(16(2)24(26,27)28)21(18-8-10-19(25)11-9-18)22(23(32)30-13-20(31)14-30)29-12-17-6-4-3-5-7-17/h3-11,20,29,31H,12-14H2,1-2H3/b16-15+,22-21+. The number of carbonyl (C=O) groups excluding carboxylic acids is 1. The number of benzene rings is 2. The number of rotatable bonds is 6. The summed E-state index contributed by atoms with van der Waals surface area (Å²) >= 11 is 5.99. The Balaban J connectivity index is 2.17. The molecule has 1 amide bonds. The molecule has 2 N–H and O–H groups in total. The Morgan fingerprint density at radius 2 is 1.69 bits per heavy atom. The SMILES string of the molecule is CC(/C(=C(\NCc1ccccc1)C(=O)N1CC(O)C1)c1ccc(Cl)cc1)=C(/C)C(F)(F)F. The molecule has 0 atom stereocenters. The molecular formula is C24H24ClF3N2O2. The van der Waals surface area contributed by atoms with Crippen LogP contribution in [0.25, 0.3) is 5.57 Å². The van der Waals surface area contributed by atoms with Gasteiger partial charge in [0.15, 0.2) is 0 Å². The summed E-state index contributed by atoms with van der Waals surface area (Å²) in [6, 6.07) is 15.6. The number of amides is 1. The minimum atomic E-state index is -4.55. The molecule has 8 heteroatoms. The Labute approximate surface area is 190 Å². The lowest BCUT2D eigenvalue weighted by Gasteiger charge is -2.37. The van der Waals surface area contributed by atoms with Crippen molar-refractivity contribution in [1.29, 1.82) is 0 Å².